The monoisotopic (exact) mass is 353 g/mol. The van der Waals surface area contributed by atoms with E-state index in [1.165, 1.54) is 0 Å². The van der Waals surface area contributed by atoms with Gasteiger partial charge in [-0.2, -0.15) is 0 Å². The van der Waals surface area contributed by atoms with Crippen LogP contribution in [0.3, 0.4) is 0 Å². The van der Waals surface area contributed by atoms with Crippen molar-refractivity contribution in [2.24, 2.45) is 11.8 Å². The largest absolute Gasteiger partial charge is 0.492 e. The zero-order valence-electron chi connectivity index (χ0n) is 15.6. The maximum absolute atomic E-state index is 5.74. The van der Waals surface area contributed by atoms with Crippen LogP contribution in [0.1, 0.15) is 0 Å². The van der Waals surface area contributed by atoms with E-state index < -0.39 is 0 Å². The summed E-state index contributed by atoms with van der Waals surface area (Å²) >= 11 is 0. The van der Waals surface area contributed by atoms with E-state index in [1.807, 2.05) is 38.4 Å². The van der Waals surface area contributed by atoms with Gasteiger partial charge in [-0.1, -0.05) is 0 Å². The second-order valence-corrected chi connectivity index (χ2v) is 7.54. The van der Waals surface area contributed by atoms with Crippen molar-refractivity contribution in [3.05, 3.63) is 36.4 Å². The van der Waals surface area contributed by atoms with Gasteiger partial charge in [-0.05, 0) is 62.3 Å². The Hall–Kier alpha value is -2.18. The van der Waals surface area contributed by atoms with E-state index in [4.69, 9.17) is 4.74 Å². The van der Waals surface area contributed by atoms with E-state index >= 15 is 0 Å². The summed E-state index contributed by atoms with van der Waals surface area (Å²) in [5.74, 6) is 3.40. The zero-order valence-corrected chi connectivity index (χ0v) is 15.6. The molecule has 3 heterocycles. The molecule has 0 spiro atoms. The van der Waals surface area contributed by atoms with E-state index in [1.54, 1.807) is 0 Å². The van der Waals surface area contributed by atoms with Crippen LogP contribution in [0.15, 0.2) is 36.4 Å². The van der Waals surface area contributed by atoms with Crippen molar-refractivity contribution in [1.29, 1.82) is 0 Å². The minimum absolute atomic E-state index is 0.689. The van der Waals surface area contributed by atoms with Crippen LogP contribution in [0.5, 0.6) is 5.75 Å². The third-order valence-electron chi connectivity index (χ3n) is 5.32. The first-order valence-corrected chi connectivity index (χ1v) is 9.36. The van der Waals surface area contributed by atoms with E-state index in [2.05, 4.69) is 37.4 Å². The number of nitrogens with one attached hydrogen (secondary N) is 1. The number of anilines is 1. The summed E-state index contributed by atoms with van der Waals surface area (Å²) in [6.07, 6.45) is 0. The van der Waals surface area contributed by atoms with Gasteiger partial charge in [0.05, 0.1) is 5.69 Å². The molecule has 2 unspecified atom stereocenters. The molecule has 1 N–H and O–H groups in total. The first-order valence-electron chi connectivity index (χ1n) is 9.36. The van der Waals surface area contributed by atoms with Crippen molar-refractivity contribution in [3.63, 3.8) is 0 Å². The molecular weight excluding hydrogens is 326 g/mol. The fourth-order valence-electron chi connectivity index (χ4n) is 3.76. The summed E-state index contributed by atoms with van der Waals surface area (Å²) < 4.78 is 5.74. The lowest BCUT2D eigenvalue weighted by Crippen LogP contribution is -2.26. The second-order valence-electron chi connectivity index (χ2n) is 7.54. The van der Waals surface area contributed by atoms with Gasteiger partial charge in [0, 0.05) is 38.3 Å². The Morgan fingerprint density at radius 1 is 1.04 bits per heavy atom. The molecule has 0 radical (unpaired) electrons. The summed E-state index contributed by atoms with van der Waals surface area (Å²) in [7, 11) is 4.08. The van der Waals surface area contributed by atoms with Crippen molar-refractivity contribution in [1.82, 2.24) is 20.4 Å². The molecule has 26 heavy (non-hydrogen) atoms. The van der Waals surface area contributed by atoms with Crippen molar-refractivity contribution in [2.45, 2.75) is 0 Å². The highest BCUT2D eigenvalue weighted by atomic mass is 16.5. The lowest BCUT2D eigenvalue weighted by molar-refractivity contribution is 0.261. The highest BCUT2D eigenvalue weighted by Crippen LogP contribution is 2.30. The summed E-state index contributed by atoms with van der Waals surface area (Å²) in [4.78, 5) is 4.48. The van der Waals surface area contributed by atoms with Crippen LogP contribution in [-0.2, 0) is 0 Å². The number of nitrogens with zero attached hydrogens (tertiary/aromatic N) is 4. The topological polar surface area (TPSA) is 53.5 Å². The smallest absolute Gasteiger partial charge is 0.151 e. The third kappa shape index (κ3) is 3.81. The number of aromatic nitrogens is 2. The van der Waals surface area contributed by atoms with Crippen LogP contribution in [0, 0.1) is 11.8 Å². The predicted molar refractivity (Wildman–Crippen MR) is 104 cm³/mol. The SMILES string of the molecule is CN(C)CCOc1ccc(-c2ccc(N3CC4CNCC4C3)nn2)cc1. The Morgan fingerprint density at radius 2 is 1.77 bits per heavy atom. The predicted octanol–water partition coefficient (Wildman–Crippen LogP) is 1.74. The van der Waals surface area contributed by atoms with Crippen LogP contribution in [0.4, 0.5) is 5.82 Å². The lowest BCUT2D eigenvalue weighted by atomic mass is 10.0. The minimum Gasteiger partial charge on any atom is -0.492 e. The Morgan fingerprint density at radius 3 is 2.38 bits per heavy atom. The molecule has 2 aliphatic heterocycles. The summed E-state index contributed by atoms with van der Waals surface area (Å²) in [6.45, 7) is 6.04. The first kappa shape index (κ1) is 17.2. The maximum Gasteiger partial charge on any atom is 0.151 e. The average Bonchev–Trinajstić information content (AvgIpc) is 3.24. The quantitative estimate of drug-likeness (QED) is 0.854. The minimum atomic E-state index is 0.689. The highest BCUT2D eigenvalue weighted by molar-refractivity contribution is 5.60. The van der Waals surface area contributed by atoms with Gasteiger partial charge < -0.3 is 19.9 Å². The second kappa shape index (κ2) is 7.60. The van der Waals surface area contributed by atoms with Crippen LogP contribution < -0.4 is 15.0 Å². The van der Waals surface area contributed by atoms with Crippen molar-refractivity contribution in [2.75, 3.05) is 58.3 Å². The molecule has 0 saturated carbocycles. The number of likely N-dealkylation sites (N-methyl/N-ethyl adjacent to an activating group) is 1. The molecule has 2 aromatic rings. The van der Waals surface area contributed by atoms with Crippen LogP contribution in [-0.4, -0.2) is 68.5 Å². The number of fused-ring (bicyclic) bond motifs is 1. The van der Waals surface area contributed by atoms with Crippen molar-refractivity contribution < 1.29 is 4.74 Å². The normalized spacial score (nSPS) is 22.0. The average molecular weight is 353 g/mol. The van der Waals surface area contributed by atoms with Gasteiger partial charge >= 0.3 is 0 Å². The molecule has 6 heteroatoms. The highest BCUT2D eigenvalue weighted by Gasteiger charge is 2.36. The number of hydrogen-bond donors (Lipinski definition) is 1. The lowest BCUT2D eigenvalue weighted by Gasteiger charge is -2.17. The van der Waals surface area contributed by atoms with Gasteiger partial charge in [0.15, 0.2) is 5.82 Å². The van der Waals surface area contributed by atoms with Crippen LogP contribution in [0.2, 0.25) is 0 Å². The number of benzene rings is 1. The summed E-state index contributed by atoms with van der Waals surface area (Å²) in [6, 6.07) is 12.2. The molecule has 1 aromatic carbocycles. The molecule has 138 valence electrons. The van der Waals surface area contributed by atoms with E-state index in [9.17, 15) is 0 Å². The Labute approximate surface area is 155 Å². The first-order chi connectivity index (χ1) is 12.7. The molecule has 4 rings (SSSR count). The van der Waals surface area contributed by atoms with Crippen molar-refractivity contribution >= 4 is 5.82 Å². The number of hydrogen-bond acceptors (Lipinski definition) is 6. The molecule has 2 aliphatic rings. The molecule has 1 aromatic heterocycles. The number of ether oxygens (including phenoxy) is 1. The zero-order chi connectivity index (χ0) is 17.9. The summed E-state index contributed by atoms with van der Waals surface area (Å²) in [5, 5.41) is 12.4. The maximum atomic E-state index is 5.74. The van der Waals surface area contributed by atoms with Gasteiger partial charge in [-0.25, -0.2) is 0 Å². The molecule has 0 aliphatic carbocycles. The molecule has 2 saturated heterocycles. The van der Waals surface area contributed by atoms with E-state index in [0.717, 1.165) is 67.4 Å². The Kier molecular flexibility index (Phi) is 5.04. The molecular formula is C20H27N5O. The van der Waals surface area contributed by atoms with Crippen molar-refractivity contribution in [3.8, 4) is 17.0 Å². The third-order valence-corrected chi connectivity index (χ3v) is 5.32. The standard InChI is InChI=1S/C20H27N5O/c1-24(2)9-10-26-18-5-3-15(4-6-18)19-7-8-20(23-22-19)25-13-16-11-21-12-17(16)14-25/h3-8,16-17,21H,9-14H2,1-2H3. The fraction of sp³-hybridized carbons (Fsp3) is 0.500. The van der Waals surface area contributed by atoms with Gasteiger partial charge in [0.25, 0.3) is 0 Å². The molecule has 2 atom stereocenters. The van der Waals surface area contributed by atoms with Gasteiger partial charge in [-0.3, -0.25) is 0 Å². The van der Waals surface area contributed by atoms with Crippen LogP contribution in [0.25, 0.3) is 11.3 Å². The van der Waals surface area contributed by atoms with Gasteiger partial charge in [0.1, 0.15) is 12.4 Å². The molecule has 0 amide bonds. The number of rotatable bonds is 6. The Bertz CT molecular complexity index is 704. The molecule has 6 nitrogen and oxygen atoms in total. The van der Waals surface area contributed by atoms with Gasteiger partial charge in [-0.15, -0.1) is 10.2 Å². The fourth-order valence-corrected chi connectivity index (χ4v) is 3.76. The van der Waals surface area contributed by atoms with Gasteiger partial charge in [0.2, 0.25) is 0 Å². The molecule has 2 fully saturated rings. The van der Waals surface area contributed by atoms with E-state index in [-0.39, 0.29) is 0 Å². The summed E-state index contributed by atoms with van der Waals surface area (Å²) in [5.41, 5.74) is 1.96. The molecule has 0 bridgehead atoms. The van der Waals surface area contributed by atoms with Crippen LogP contribution >= 0.6 is 0 Å². The van der Waals surface area contributed by atoms with E-state index in [0.29, 0.717) is 6.61 Å². The Balaban J connectivity index is 1.37.